The van der Waals surface area contributed by atoms with Crippen LogP contribution in [0.25, 0.3) is 11.3 Å². The van der Waals surface area contributed by atoms with Crippen molar-refractivity contribution in [2.45, 2.75) is 169 Å². The maximum Gasteiger partial charge on any atom is 0.407 e. The molecule has 9 rings (SSSR count). The van der Waals surface area contributed by atoms with Crippen LogP contribution in [-0.2, 0) is 70.5 Å². The molecule has 4 aliphatic heterocycles. The number of alkyl carbamates (subject to hydrolysis) is 3. The average Bonchev–Trinajstić information content (AvgIpc) is 1.65. The van der Waals surface area contributed by atoms with E-state index in [1.54, 1.807) is 64.5 Å². The van der Waals surface area contributed by atoms with Gasteiger partial charge in [-0.15, -0.1) is 0 Å². The third-order valence-corrected chi connectivity index (χ3v) is 19.4. The van der Waals surface area contributed by atoms with Crippen molar-refractivity contribution in [2.24, 2.45) is 29.6 Å². The van der Waals surface area contributed by atoms with Gasteiger partial charge < -0.3 is 84.9 Å². The fourth-order valence-corrected chi connectivity index (χ4v) is 13.3. The Hall–Kier alpha value is -10.7. The Morgan fingerprint density at radius 1 is 0.434 bits per heavy atom. The summed E-state index contributed by atoms with van der Waals surface area (Å²) in [4.78, 5) is 155. The number of hydrogen-bond acceptors (Lipinski definition) is 18. The quantitative estimate of drug-likeness (QED) is 0.0190. The molecule has 4 aliphatic rings. The van der Waals surface area contributed by atoms with Gasteiger partial charge in [-0.05, 0) is 165 Å². The van der Waals surface area contributed by atoms with Gasteiger partial charge in [0.05, 0.1) is 58.7 Å². The number of nitrogens with zero attached hydrogens (tertiary/aromatic N) is 5. The number of aromatic nitrogens is 2. The number of aromatic amines is 1. The first-order chi connectivity index (χ1) is 50.7. The molecule has 0 spiro atoms. The van der Waals surface area contributed by atoms with Crippen LogP contribution in [0.1, 0.15) is 136 Å². The zero-order valence-electron chi connectivity index (χ0n) is 62.5. The molecule has 4 fully saturated rings. The van der Waals surface area contributed by atoms with Crippen LogP contribution in [0.4, 0.5) is 31.4 Å². The Morgan fingerprint density at radius 2 is 0.783 bits per heavy atom. The number of amides is 10. The van der Waals surface area contributed by atoms with Crippen LogP contribution < -0.4 is 41.4 Å². The van der Waals surface area contributed by atoms with Gasteiger partial charge in [-0.25, -0.2) is 19.4 Å². The highest BCUT2D eigenvalue weighted by molar-refractivity contribution is 6.01. The monoisotopic (exact) mass is 1470 g/mol. The van der Waals surface area contributed by atoms with E-state index in [0.717, 1.165) is 35.2 Å². The van der Waals surface area contributed by atoms with E-state index >= 15 is 0 Å². The van der Waals surface area contributed by atoms with Crippen LogP contribution in [0, 0.1) is 29.6 Å². The van der Waals surface area contributed by atoms with Gasteiger partial charge in [0.1, 0.15) is 66.8 Å². The van der Waals surface area contributed by atoms with E-state index in [4.69, 9.17) is 18.9 Å². The van der Waals surface area contributed by atoms with E-state index in [-0.39, 0.29) is 84.1 Å². The molecule has 5 aromatic rings. The number of methoxy groups -OCH3 is 4. The Morgan fingerprint density at radius 3 is 1.15 bits per heavy atom. The molecule has 0 aliphatic carbocycles. The molecule has 10 amide bonds. The van der Waals surface area contributed by atoms with Crippen molar-refractivity contribution in [1.82, 2.24) is 45.5 Å². The highest BCUT2D eigenvalue weighted by atomic mass is 16.5. The standard InChI is InChI=1S/C39H51N7O8.C38H51N5O9/c1-23(2)32(43-38(50)52-5)36(48)45-19-7-9-30(45)34-40-21-29(42-34)26-13-17-28(18-14-26)54-22-25-11-15-27(16-12-25)41-35(47)31-10-8-20-46(31)37(49)33(24(3)4)44-39(51)53-6;1-23(2)29(21-32(44)50-5)36(47)42-19-7-9-30(42)34(45)40-27-15-17-28(18-16-27)52-22-25-11-13-26(14-12-25)39-35(46)31-10-8-20-43(31)37(48)33(24(3)4)41-38(49)51-6/h11-18,21,23-24,30-33H,7-10,19-20,22H2,1-6H3,(H,40,42)(H,41,47)(H,43,50)(H,44,51);11-18,23-24,29-31,33H,7-10,19-22H2,1-6H3,(H,39,46)(H,40,45)(H,41,49)/t30-,31-,32-,33-;29-,30-,31-,33-/m00/s1. The molecule has 5 heterocycles. The van der Waals surface area contributed by atoms with E-state index in [2.05, 4.69) is 51.3 Å². The van der Waals surface area contributed by atoms with E-state index in [9.17, 15) is 52.7 Å². The fourth-order valence-electron chi connectivity index (χ4n) is 13.3. The smallest absolute Gasteiger partial charge is 0.407 e. The molecule has 106 heavy (non-hydrogen) atoms. The first-order valence-corrected chi connectivity index (χ1v) is 36.2. The van der Waals surface area contributed by atoms with E-state index < -0.39 is 66.4 Å². The molecule has 572 valence electrons. The second-order valence-corrected chi connectivity index (χ2v) is 28.1. The normalized spacial score (nSPS) is 18.0. The van der Waals surface area contributed by atoms with E-state index in [1.807, 2.05) is 104 Å². The number of hydrogen-bond donors (Lipinski definition) is 7. The van der Waals surface area contributed by atoms with Crippen molar-refractivity contribution in [3.63, 3.8) is 0 Å². The van der Waals surface area contributed by atoms with Crippen molar-refractivity contribution in [1.29, 1.82) is 0 Å². The van der Waals surface area contributed by atoms with Gasteiger partial charge in [0, 0.05) is 43.2 Å². The second-order valence-electron chi connectivity index (χ2n) is 28.1. The number of anilines is 3. The largest absolute Gasteiger partial charge is 0.489 e. The minimum atomic E-state index is -0.806. The maximum atomic E-state index is 13.5. The zero-order chi connectivity index (χ0) is 76.9. The number of esters is 1. The third-order valence-electron chi connectivity index (χ3n) is 19.4. The number of rotatable bonds is 27. The molecular formula is C77H102N12O17. The lowest BCUT2D eigenvalue weighted by Gasteiger charge is -2.30. The Kier molecular flexibility index (Phi) is 29.3. The predicted octanol–water partition coefficient (Wildman–Crippen LogP) is 9.35. The summed E-state index contributed by atoms with van der Waals surface area (Å²) in [6.07, 6.45) is 4.95. The number of carbonyl (C=O) groups excluding carboxylic acids is 11. The maximum absolute atomic E-state index is 13.5. The van der Waals surface area contributed by atoms with Gasteiger partial charge in [0.2, 0.25) is 41.4 Å². The summed E-state index contributed by atoms with van der Waals surface area (Å²) >= 11 is 0. The van der Waals surface area contributed by atoms with Gasteiger partial charge >= 0.3 is 24.2 Å². The Labute approximate surface area is 618 Å². The molecule has 8 atom stereocenters. The van der Waals surface area contributed by atoms with Crippen molar-refractivity contribution in [2.75, 3.05) is 70.6 Å². The summed E-state index contributed by atoms with van der Waals surface area (Å²) < 4.78 is 30.8. The number of benzene rings is 4. The average molecular weight is 1470 g/mol. The fraction of sp³-hybridized carbons (Fsp3) is 0.506. The molecule has 0 unspecified atom stereocenters. The molecule has 1 aromatic heterocycles. The first-order valence-electron chi connectivity index (χ1n) is 36.2. The van der Waals surface area contributed by atoms with Gasteiger partial charge in [-0.1, -0.05) is 79.7 Å². The van der Waals surface area contributed by atoms with Crippen molar-refractivity contribution < 1.29 is 81.2 Å². The molecule has 4 saturated heterocycles. The molecule has 29 nitrogen and oxygen atoms in total. The molecule has 0 saturated carbocycles. The number of imidazole rings is 1. The lowest BCUT2D eigenvalue weighted by Crippen LogP contribution is -2.54. The minimum Gasteiger partial charge on any atom is -0.489 e. The van der Waals surface area contributed by atoms with Crippen molar-refractivity contribution in [3.05, 3.63) is 120 Å². The summed E-state index contributed by atoms with van der Waals surface area (Å²) in [7, 11) is 5.05. The van der Waals surface area contributed by atoms with E-state index in [0.29, 0.717) is 106 Å². The molecular weight excluding hydrogens is 1360 g/mol. The predicted molar refractivity (Wildman–Crippen MR) is 393 cm³/mol. The molecule has 7 N–H and O–H groups in total. The van der Waals surface area contributed by atoms with Gasteiger partial charge in [0.15, 0.2) is 0 Å². The summed E-state index contributed by atoms with van der Waals surface area (Å²) in [5.74, 6) is -1.50. The van der Waals surface area contributed by atoms with Crippen LogP contribution in [0.2, 0.25) is 0 Å². The number of likely N-dealkylation sites (tertiary alicyclic amines) is 4. The number of H-pyrrole nitrogens is 1. The van der Waals surface area contributed by atoms with Gasteiger partial charge in [0.25, 0.3) is 0 Å². The highest BCUT2D eigenvalue weighted by Gasteiger charge is 2.43. The Balaban J connectivity index is 0.000000268. The number of nitrogens with one attached hydrogen (secondary N) is 7. The van der Waals surface area contributed by atoms with E-state index in [1.165, 1.54) is 38.2 Å². The van der Waals surface area contributed by atoms with Gasteiger partial charge in [-0.2, -0.15) is 0 Å². The Bertz CT molecular complexity index is 3730. The molecule has 29 heteroatoms. The van der Waals surface area contributed by atoms with Crippen LogP contribution in [0.3, 0.4) is 0 Å². The lowest BCUT2D eigenvalue weighted by molar-refractivity contribution is -0.149. The second kappa shape index (κ2) is 38.3. The topological polar surface area (TPSA) is 357 Å². The minimum absolute atomic E-state index is 0.0262. The molecule has 0 bridgehead atoms. The van der Waals surface area contributed by atoms with Gasteiger partial charge in [-0.3, -0.25) is 38.4 Å². The van der Waals surface area contributed by atoms with Crippen LogP contribution in [0.15, 0.2) is 103 Å². The number of ether oxygens (including phenoxy) is 6. The third kappa shape index (κ3) is 21.5. The van der Waals surface area contributed by atoms with Crippen molar-refractivity contribution in [3.8, 4) is 22.8 Å². The van der Waals surface area contributed by atoms with Crippen LogP contribution in [-0.4, -0.2) is 186 Å². The molecule has 0 radical (unpaired) electrons. The molecule has 4 aromatic carbocycles. The lowest BCUT2D eigenvalue weighted by atomic mass is 9.90. The summed E-state index contributed by atoms with van der Waals surface area (Å²) in [5.41, 5.74) is 5.22. The summed E-state index contributed by atoms with van der Waals surface area (Å²) in [5, 5.41) is 16.6. The van der Waals surface area contributed by atoms with Crippen molar-refractivity contribution >= 4 is 82.7 Å². The zero-order valence-corrected chi connectivity index (χ0v) is 62.5. The van der Waals surface area contributed by atoms with Crippen LogP contribution >= 0.6 is 0 Å². The summed E-state index contributed by atoms with van der Waals surface area (Å²) in [6, 6.07) is 24.6. The van der Waals surface area contributed by atoms with Crippen LogP contribution in [0.5, 0.6) is 11.5 Å². The summed E-state index contributed by atoms with van der Waals surface area (Å²) in [6.45, 7) is 17.3. The first kappa shape index (κ1) is 80.9. The SMILES string of the molecule is COC(=O)C[C@H](C(=O)N1CCC[C@H]1C(=O)Nc1ccc(OCc2ccc(NC(=O)[C@@H]3CCCN3C(=O)[C@@H](NC(=O)OC)C(C)C)cc2)cc1)C(C)C.COC(=O)N[C@H](C(=O)N1CCC[C@H]1C(=O)Nc1ccc(COc2ccc(-c3cnc([C@@H]4CCCN4C(=O)[C@@H](NC(=O)OC)C(C)C)[nH]3)cc2)cc1)C(C)C. The highest BCUT2D eigenvalue weighted by Crippen LogP contribution is 2.34. The number of carbonyl (C=O) groups is 11.